The third-order valence-electron chi connectivity index (χ3n) is 10.3. The lowest BCUT2D eigenvalue weighted by atomic mass is 9.92. The SMILES string of the molecule is COC(=O)N[C@H](C(=O)N1CCC[C@@H]1c1ncc(-c2ccc3c(c2)COc2c-3ccc3c2ccc2[nH]c([C@@H]4CCCN4C(=O)O)nc23)[nH]1)C(C)C. The van der Waals surface area contributed by atoms with Gasteiger partial charge in [0, 0.05) is 29.4 Å². The first kappa shape index (κ1) is 31.7. The number of nitrogens with zero attached hydrogens (tertiary/aromatic N) is 4. The summed E-state index contributed by atoms with van der Waals surface area (Å²) in [6.45, 7) is 5.30. The number of fused-ring (bicyclic) bond motifs is 7. The van der Waals surface area contributed by atoms with E-state index in [1.54, 1.807) is 6.20 Å². The standard InChI is InChI=1S/C37H39N7O6/c1-19(2)30(42-36(46)49-3)35(45)43-14-4-6-28(43)33-38-17-27(40-33)20-8-9-22-21(16-20)18-50-32-24(22)11-10-23-25(32)12-13-26-31(23)41-34(39-26)29-7-5-15-44(29)37(47)48/h8-13,16-17,19,28-30H,4-7,14-15,18H2,1-3H3,(H,38,40)(H,39,41)(H,42,46)(H,47,48)/t28-,29+,30+/m1/s1. The number of carbonyl (C=O) groups is 3. The molecule has 0 radical (unpaired) electrons. The van der Waals surface area contributed by atoms with Gasteiger partial charge in [0.15, 0.2) is 0 Å². The fourth-order valence-electron chi connectivity index (χ4n) is 7.81. The number of imidazole rings is 2. The van der Waals surface area contributed by atoms with E-state index >= 15 is 0 Å². The van der Waals surface area contributed by atoms with Crippen LogP contribution in [0.25, 0.3) is 44.2 Å². The van der Waals surface area contributed by atoms with Crippen LogP contribution in [0.4, 0.5) is 9.59 Å². The molecule has 0 aliphatic carbocycles. The zero-order valence-electron chi connectivity index (χ0n) is 28.2. The molecule has 50 heavy (non-hydrogen) atoms. The summed E-state index contributed by atoms with van der Waals surface area (Å²) in [5, 5.41) is 14.3. The van der Waals surface area contributed by atoms with Gasteiger partial charge >= 0.3 is 12.2 Å². The first-order valence-corrected chi connectivity index (χ1v) is 17.1. The maximum atomic E-state index is 13.6. The first-order chi connectivity index (χ1) is 24.2. The third kappa shape index (κ3) is 5.28. The van der Waals surface area contributed by atoms with E-state index in [9.17, 15) is 19.5 Å². The average Bonchev–Trinajstić information content (AvgIpc) is 3.94. The molecule has 2 aromatic heterocycles. The highest BCUT2D eigenvalue weighted by molar-refractivity contribution is 6.09. The van der Waals surface area contributed by atoms with Crippen molar-refractivity contribution in [2.24, 2.45) is 5.92 Å². The molecule has 3 aliphatic rings. The average molecular weight is 678 g/mol. The number of H-pyrrole nitrogens is 2. The lowest BCUT2D eigenvalue weighted by Gasteiger charge is -2.30. The molecule has 0 saturated carbocycles. The highest BCUT2D eigenvalue weighted by Crippen LogP contribution is 2.45. The van der Waals surface area contributed by atoms with Crippen LogP contribution >= 0.6 is 0 Å². The molecular formula is C37H39N7O6. The minimum Gasteiger partial charge on any atom is -0.488 e. The number of amides is 3. The monoisotopic (exact) mass is 677 g/mol. The highest BCUT2D eigenvalue weighted by Gasteiger charge is 2.38. The van der Waals surface area contributed by atoms with Crippen LogP contribution < -0.4 is 10.1 Å². The maximum absolute atomic E-state index is 13.6. The number of rotatable bonds is 6. The number of ether oxygens (including phenoxy) is 2. The molecule has 0 unspecified atom stereocenters. The second-order valence-electron chi connectivity index (χ2n) is 13.6. The van der Waals surface area contributed by atoms with Gasteiger partial charge in [-0.3, -0.25) is 9.69 Å². The van der Waals surface area contributed by atoms with Gasteiger partial charge < -0.3 is 34.8 Å². The van der Waals surface area contributed by atoms with Crippen LogP contribution in [0.3, 0.4) is 0 Å². The van der Waals surface area contributed by atoms with Crippen molar-refractivity contribution in [1.82, 2.24) is 35.1 Å². The molecule has 258 valence electrons. The van der Waals surface area contributed by atoms with E-state index in [2.05, 4.69) is 45.6 Å². The predicted molar refractivity (Wildman–Crippen MR) is 186 cm³/mol. The Hall–Kier alpha value is -5.59. The quantitative estimate of drug-likeness (QED) is 0.158. The molecule has 5 aromatic rings. The number of benzene rings is 3. The number of hydrogen-bond donors (Lipinski definition) is 4. The van der Waals surface area contributed by atoms with Crippen molar-refractivity contribution < 1.29 is 29.0 Å². The Morgan fingerprint density at radius 2 is 1.70 bits per heavy atom. The van der Waals surface area contributed by atoms with Crippen molar-refractivity contribution in [1.29, 1.82) is 0 Å². The Morgan fingerprint density at radius 1 is 0.960 bits per heavy atom. The van der Waals surface area contributed by atoms with E-state index in [-0.39, 0.29) is 23.9 Å². The van der Waals surface area contributed by atoms with Gasteiger partial charge in [-0.25, -0.2) is 19.6 Å². The van der Waals surface area contributed by atoms with Gasteiger partial charge in [-0.1, -0.05) is 32.0 Å². The summed E-state index contributed by atoms with van der Waals surface area (Å²) in [5.74, 6) is 1.94. The Labute approximate surface area is 288 Å². The summed E-state index contributed by atoms with van der Waals surface area (Å²) in [6.07, 6.45) is 3.44. The van der Waals surface area contributed by atoms with Crippen LogP contribution in [0.2, 0.25) is 0 Å². The second-order valence-corrected chi connectivity index (χ2v) is 13.6. The molecule has 3 atom stereocenters. The second kappa shape index (κ2) is 12.4. The van der Waals surface area contributed by atoms with E-state index < -0.39 is 18.2 Å². The number of aromatic amines is 2. The summed E-state index contributed by atoms with van der Waals surface area (Å²) in [6, 6.07) is 13.3. The van der Waals surface area contributed by atoms with E-state index in [1.165, 1.54) is 12.0 Å². The number of aromatic nitrogens is 4. The molecule has 2 fully saturated rings. The largest absolute Gasteiger partial charge is 0.488 e. The zero-order valence-corrected chi connectivity index (χ0v) is 28.2. The summed E-state index contributed by atoms with van der Waals surface area (Å²) < 4.78 is 11.2. The predicted octanol–water partition coefficient (Wildman–Crippen LogP) is 6.52. The van der Waals surface area contributed by atoms with Crippen LogP contribution in [0.1, 0.15) is 68.8 Å². The van der Waals surface area contributed by atoms with Gasteiger partial charge in [0.2, 0.25) is 5.91 Å². The van der Waals surface area contributed by atoms with E-state index in [0.717, 1.165) is 81.2 Å². The zero-order chi connectivity index (χ0) is 34.7. The lowest BCUT2D eigenvalue weighted by molar-refractivity contribution is -0.135. The fraction of sp³-hybridized carbons (Fsp3) is 0.378. The normalized spacial score (nSPS) is 19.0. The molecule has 5 heterocycles. The Balaban J connectivity index is 1.06. The van der Waals surface area contributed by atoms with E-state index in [0.29, 0.717) is 31.3 Å². The Bertz CT molecular complexity index is 2150. The number of methoxy groups -OCH3 is 1. The third-order valence-corrected chi connectivity index (χ3v) is 10.3. The number of carbonyl (C=O) groups excluding carboxylic acids is 2. The molecule has 3 aliphatic heterocycles. The fourth-order valence-corrected chi connectivity index (χ4v) is 7.81. The molecule has 13 heteroatoms. The number of hydrogen-bond acceptors (Lipinski definition) is 7. The molecule has 13 nitrogen and oxygen atoms in total. The first-order valence-electron chi connectivity index (χ1n) is 17.1. The van der Waals surface area contributed by atoms with Gasteiger partial charge in [0.25, 0.3) is 0 Å². The molecule has 2 saturated heterocycles. The maximum Gasteiger partial charge on any atom is 0.407 e. The molecule has 0 bridgehead atoms. The lowest BCUT2D eigenvalue weighted by Crippen LogP contribution is -2.51. The molecular weight excluding hydrogens is 638 g/mol. The van der Waals surface area contributed by atoms with Gasteiger partial charge in [-0.15, -0.1) is 0 Å². The number of alkyl carbamates (subject to hydrolysis) is 1. The van der Waals surface area contributed by atoms with Crippen molar-refractivity contribution >= 4 is 39.9 Å². The summed E-state index contributed by atoms with van der Waals surface area (Å²) in [5.41, 5.74) is 6.62. The van der Waals surface area contributed by atoms with Crippen molar-refractivity contribution in [2.75, 3.05) is 20.2 Å². The molecule has 4 N–H and O–H groups in total. The van der Waals surface area contributed by atoms with Gasteiger partial charge in [0.1, 0.15) is 30.0 Å². The summed E-state index contributed by atoms with van der Waals surface area (Å²) in [7, 11) is 1.29. The smallest absolute Gasteiger partial charge is 0.407 e. The number of nitrogens with one attached hydrogen (secondary N) is 3. The molecule has 8 rings (SSSR count). The van der Waals surface area contributed by atoms with Crippen molar-refractivity contribution in [3.8, 4) is 28.1 Å². The summed E-state index contributed by atoms with van der Waals surface area (Å²) >= 11 is 0. The Kier molecular flexibility index (Phi) is 7.84. The minimum atomic E-state index is -0.923. The van der Waals surface area contributed by atoms with Gasteiger partial charge in [-0.2, -0.15) is 0 Å². The van der Waals surface area contributed by atoms with Crippen LogP contribution in [0, 0.1) is 5.92 Å². The van der Waals surface area contributed by atoms with Gasteiger partial charge in [0.05, 0.1) is 42.1 Å². The van der Waals surface area contributed by atoms with E-state index in [4.69, 9.17) is 19.4 Å². The van der Waals surface area contributed by atoms with Crippen molar-refractivity contribution in [3.63, 3.8) is 0 Å². The van der Waals surface area contributed by atoms with Crippen molar-refractivity contribution in [2.45, 2.75) is 64.3 Å². The van der Waals surface area contributed by atoms with Gasteiger partial charge in [-0.05, 0) is 72.6 Å². The van der Waals surface area contributed by atoms with Crippen LogP contribution in [-0.2, 0) is 16.1 Å². The topological polar surface area (TPSA) is 166 Å². The number of carboxylic acid groups (broad SMARTS) is 1. The van der Waals surface area contributed by atoms with Crippen LogP contribution in [0.5, 0.6) is 5.75 Å². The molecule has 3 amide bonds. The Morgan fingerprint density at radius 3 is 2.46 bits per heavy atom. The van der Waals surface area contributed by atoms with Crippen LogP contribution in [0.15, 0.2) is 48.7 Å². The van der Waals surface area contributed by atoms with Crippen molar-refractivity contribution in [3.05, 3.63) is 65.9 Å². The molecule has 3 aromatic carbocycles. The summed E-state index contributed by atoms with van der Waals surface area (Å²) in [4.78, 5) is 57.0. The van der Waals surface area contributed by atoms with E-state index in [1.807, 2.05) is 30.9 Å². The molecule has 0 spiro atoms. The highest BCUT2D eigenvalue weighted by atomic mass is 16.5. The minimum absolute atomic E-state index is 0.108. The number of likely N-dealkylation sites (tertiary alicyclic amines) is 2. The van der Waals surface area contributed by atoms with Crippen LogP contribution in [-0.4, -0.2) is 79.2 Å².